The first-order valence-electron chi connectivity index (χ1n) is 8.44. The highest BCUT2D eigenvalue weighted by Crippen LogP contribution is 2.43. The number of phenols is 2. The van der Waals surface area contributed by atoms with Crippen molar-refractivity contribution in [3.8, 4) is 11.5 Å². The van der Waals surface area contributed by atoms with Crippen LogP contribution in [-0.4, -0.2) is 21.7 Å². The van der Waals surface area contributed by atoms with E-state index in [1.807, 2.05) is 0 Å². The average molecular weight is 390 g/mol. The van der Waals surface area contributed by atoms with Crippen molar-refractivity contribution < 1.29 is 10.2 Å². The van der Waals surface area contributed by atoms with Crippen LogP contribution in [0, 0.1) is 0 Å². The number of fused-ring (bicyclic) bond motifs is 1. The van der Waals surface area contributed by atoms with Gasteiger partial charge in [-0.05, 0) is 63.5 Å². The highest BCUT2D eigenvalue weighted by Gasteiger charge is 2.28. The normalized spacial score (nSPS) is 18.0. The number of halogens is 1. The van der Waals surface area contributed by atoms with Gasteiger partial charge in [0, 0.05) is 19.1 Å². The van der Waals surface area contributed by atoms with Gasteiger partial charge in [0.2, 0.25) is 0 Å². The summed E-state index contributed by atoms with van der Waals surface area (Å²) in [4.78, 5) is 2.41. The van der Waals surface area contributed by atoms with Crippen LogP contribution < -0.4 is 0 Å². The number of aromatic hydroxyl groups is 2. The Bertz CT molecular complexity index is 740. The van der Waals surface area contributed by atoms with Crippen LogP contribution in [0.5, 0.6) is 11.5 Å². The molecule has 0 aliphatic carbocycles. The van der Waals surface area contributed by atoms with Gasteiger partial charge in [-0.25, -0.2) is 0 Å². The lowest BCUT2D eigenvalue weighted by atomic mass is 9.92. The van der Waals surface area contributed by atoms with Crippen LogP contribution in [0.15, 0.2) is 34.8 Å². The van der Waals surface area contributed by atoms with Crippen molar-refractivity contribution >= 4 is 15.9 Å². The molecule has 0 amide bonds. The van der Waals surface area contributed by atoms with Gasteiger partial charge in [0.15, 0.2) is 11.5 Å². The summed E-state index contributed by atoms with van der Waals surface area (Å²) in [5, 5.41) is 19.8. The Morgan fingerprint density at radius 3 is 2.50 bits per heavy atom. The first-order chi connectivity index (χ1) is 11.4. The summed E-state index contributed by atoms with van der Waals surface area (Å²) < 4.78 is 0.630. The Balaban J connectivity index is 1.82. The van der Waals surface area contributed by atoms with Gasteiger partial charge in [0.1, 0.15) is 0 Å². The zero-order valence-corrected chi connectivity index (χ0v) is 16.0. The van der Waals surface area contributed by atoms with Gasteiger partial charge < -0.3 is 10.2 Å². The van der Waals surface area contributed by atoms with Gasteiger partial charge in [-0.1, -0.05) is 38.1 Å². The smallest absolute Gasteiger partial charge is 0.172 e. The van der Waals surface area contributed by atoms with Crippen LogP contribution in [0.2, 0.25) is 0 Å². The van der Waals surface area contributed by atoms with Gasteiger partial charge in [-0.15, -0.1) is 0 Å². The minimum absolute atomic E-state index is 0.0568. The minimum Gasteiger partial charge on any atom is -0.504 e. The maximum atomic E-state index is 9.93. The largest absolute Gasteiger partial charge is 0.504 e. The van der Waals surface area contributed by atoms with E-state index in [2.05, 4.69) is 65.9 Å². The van der Waals surface area contributed by atoms with Gasteiger partial charge in [0.25, 0.3) is 0 Å². The van der Waals surface area contributed by atoms with Crippen molar-refractivity contribution in [3.63, 3.8) is 0 Å². The summed E-state index contributed by atoms with van der Waals surface area (Å²) in [5.74, 6) is 0.433. The maximum Gasteiger partial charge on any atom is 0.172 e. The quantitative estimate of drug-likeness (QED) is 0.717. The molecule has 0 saturated heterocycles. The molecular formula is C20H24BrNO2. The Morgan fingerprint density at radius 2 is 1.88 bits per heavy atom. The average Bonchev–Trinajstić information content (AvgIpc) is 2.56. The zero-order chi connectivity index (χ0) is 17.4. The van der Waals surface area contributed by atoms with E-state index in [1.165, 1.54) is 11.1 Å². The van der Waals surface area contributed by atoms with Gasteiger partial charge in [-0.2, -0.15) is 0 Å². The van der Waals surface area contributed by atoms with E-state index in [1.54, 1.807) is 6.07 Å². The van der Waals surface area contributed by atoms with Crippen LogP contribution in [0.25, 0.3) is 0 Å². The number of benzene rings is 2. The van der Waals surface area contributed by atoms with Crippen molar-refractivity contribution in [1.82, 2.24) is 4.90 Å². The van der Waals surface area contributed by atoms with Crippen LogP contribution in [0.3, 0.4) is 0 Å². The first-order valence-corrected chi connectivity index (χ1v) is 9.24. The fourth-order valence-electron chi connectivity index (χ4n) is 3.42. The molecule has 0 radical (unpaired) electrons. The Labute approximate surface area is 152 Å². The third-order valence-corrected chi connectivity index (χ3v) is 5.89. The van der Waals surface area contributed by atoms with E-state index in [9.17, 15) is 10.2 Å². The second kappa shape index (κ2) is 6.77. The molecular weight excluding hydrogens is 366 g/mol. The molecule has 3 rings (SSSR count). The fraction of sp³-hybridized carbons (Fsp3) is 0.400. The molecule has 4 heteroatoms. The van der Waals surface area contributed by atoms with Gasteiger partial charge in [0.05, 0.1) is 4.47 Å². The molecule has 0 spiro atoms. The molecule has 3 nitrogen and oxygen atoms in total. The van der Waals surface area contributed by atoms with Crippen LogP contribution in [0.1, 0.15) is 55.0 Å². The summed E-state index contributed by atoms with van der Waals surface area (Å²) in [6.45, 7) is 8.39. The molecule has 24 heavy (non-hydrogen) atoms. The first kappa shape index (κ1) is 17.3. The lowest BCUT2D eigenvalue weighted by Crippen LogP contribution is -2.33. The third kappa shape index (κ3) is 3.17. The van der Waals surface area contributed by atoms with Crippen molar-refractivity contribution in [3.05, 3.63) is 57.1 Å². The number of rotatable bonds is 3. The van der Waals surface area contributed by atoms with Gasteiger partial charge >= 0.3 is 0 Å². The summed E-state index contributed by atoms with van der Waals surface area (Å²) in [6.07, 6.45) is 0.859. The van der Waals surface area contributed by atoms with Crippen LogP contribution in [-0.2, 0) is 13.0 Å². The molecule has 1 heterocycles. The third-order valence-electron chi connectivity index (χ3n) is 5.04. The molecule has 2 aromatic rings. The van der Waals surface area contributed by atoms with Crippen LogP contribution in [0.4, 0.5) is 0 Å². The molecule has 2 N–H and O–H groups in total. The van der Waals surface area contributed by atoms with E-state index >= 15 is 0 Å². The molecule has 1 unspecified atom stereocenters. The Hall–Kier alpha value is -1.52. The van der Waals surface area contributed by atoms with Crippen molar-refractivity contribution in [2.75, 3.05) is 6.54 Å². The summed E-state index contributed by atoms with van der Waals surface area (Å²) in [6, 6.07) is 10.7. The highest BCUT2D eigenvalue weighted by molar-refractivity contribution is 9.10. The van der Waals surface area contributed by atoms with E-state index in [0.717, 1.165) is 30.6 Å². The fourth-order valence-corrected chi connectivity index (χ4v) is 4.05. The SMILES string of the molecule is CC(C)c1ccc(CN2CCc3c(cc(O)c(O)c3Br)C2C)cc1. The molecule has 0 bridgehead atoms. The number of nitrogens with zero attached hydrogens (tertiary/aromatic N) is 1. The van der Waals surface area contributed by atoms with E-state index in [0.29, 0.717) is 10.4 Å². The molecule has 0 saturated carbocycles. The van der Waals surface area contributed by atoms with Crippen molar-refractivity contribution in [2.45, 2.75) is 45.7 Å². The standard InChI is InChI=1S/C20H24BrNO2/c1-12(2)15-6-4-14(5-7-15)11-22-9-8-16-17(13(22)3)10-18(23)20(24)19(16)21/h4-7,10,12-13,23-24H,8-9,11H2,1-3H3. The Kier molecular flexibility index (Phi) is 4.88. The van der Waals surface area contributed by atoms with Crippen molar-refractivity contribution in [2.24, 2.45) is 0 Å². The predicted octanol–water partition coefficient (Wildman–Crippen LogP) is 5.10. The second-order valence-corrected chi connectivity index (χ2v) is 7.71. The predicted molar refractivity (Wildman–Crippen MR) is 101 cm³/mol. The van der Waals surface area contributed by atoms with E-state index < -0.39 is 0 Å². The maximum absolute atomic E-state index is 9.93. The Morgan fingerprint density at radius 1 is 1.21 bits per heavy atom. The molecule has 2 aromatic carbocycles. The molecule has 1 aliphatic rings. The summed E-state index contributed by atoms with van der Waals surface area (Å²) in [5.41, 5.74) is 4.85. The number of hydrogen-bond acceptors (Lipinski definition) is 3. The molecule has 0 aromatic heterocycles. The number of phenolic OH excluding ortho intramolecular Hbond substituents is 2. The van der Waals surface area contributed by atoms with E-state index in [-0.39, 0.29) is 17.5 Å². The second-order valence-electron chi connectivity index (χ2n) is 6.92. The topological polar surface area (TPSA) is 43.7 Å². The van der Waals surface area contributed by atoms with E-state index in [4.69, 9.17) is 0 Å². The molecule has 1 atom stereocenters. The minimum atomic E-state index is -0.0596. The van der Waals surface area contributed by atoms with Crippen LogP contribution >= 0.6 is 15.9 Å². The zero-order valence-electron chi connectivity index (χ0n) is 14.4. The number of hydrogen-bond donors (Lipinski definition) is 2. The summed E-state index contributed by atoms with van der Waals surface area (Å²) >= 11 is 3.42. The lowest BCUT2D eigenvalue weighted by molar-refractivity contribution is 0.188. The monoisotopic (exact) mass is 389 g/mol. The highest BCUT2D eigenvalue weighted by atomic mass is 79.9. The summed E-state index contributed by atoms with van der Waals surface area (Å²) in [7, 11) is 0. The molecule has 1 aliphatic heterocycles. The van der Waals surface area contributed by atoms with Gasteiger partial charge in [-0.3, -0.25) is 4.90 Å². The van der Waals surface area contributed by atoms with Crippen molar-refractivity contribution in [1.29, 1.82) is 0 Å². The molecule has 128 valence electrons. The molecule has 0 fully saturated rings. The lowest BCUT2D eigenvalue weighted by Gasteiger charge is -2.36.